The van der Waals surface area contributed by atoms with Gasteiger partial charge in [-0.15, -0.1) is 0 Å². The average Bonchev–Trinajstić information content (AvgIpc) is 2.22. The number of carboxylic acid groups (broad SMARTS) is 1. The van der Waals surface area contributed by atoms with Gasteiger partial charge in [0, 0.05) is 11.0 Å². The van der Waals surface area contributed by atoms with E-state index in [4.69, 9.17) is 10.2 Å². The normalized spacial score (nSPS) is 11.6. The minimum atomic E-state index is -1.88. The van der Waals surface area contributed by atoms with Crippen molar-refractivity contribution in [3.05, 3.63) is 34.6 Å². The Balaban J connectivity index is 3.55. The molecule has 1 aromatic rings. The Labute approximate surface area is 95.5 Å². The molecule has 94 valence electrons. The number of benzene rings is 1. The van der Waals surface area contributed by atoms with Gasteiger partial charge in [0.2, 0.25) is 0 Å². The third-order valence-electron chi connectivity index (χ3n) is 2.50. The van der Waals surface area contributed by atoms with Gasteiger partial charge in [-0.1, -0.05) is 13.8 Å². The highest BCUT2D eigenvalue weighted by molar-refractivity contribution is 5.88. The van der Waals surface area contributed by atoms with Crippen molar-refractivity contribution in [3.63, 3.8) is 0 Å². The Morgan fingerprint density at radius 2 is 1.82 bits per heavy atom. The molecule has 0 aliphatic rings. The number of carbonyl (C=O) groups is 1. The third kappa shape index (κ3) is 2.26. The summed E-state index contributed by atoms with van der Waals surface area (Å²) in [6, 6.07) is 0.595. The van der Waals surface area contributed by atoms with Crippen LogP contribution >= 0.6 is 0 Å². The summed E-state index contributed by atoms with van der Waals surface area (Å²) in [7, 11) is 0. The number of carboxylic acids is 1. The molecule has 1 rings (SSSR count). The monoisotopic (exact) mass is 248 g/mol. The van der Waals surface area contributed by atoms with E-state index in [1.807, 2.05) is 0 Å². The fraction of sp³-hybridized carbons (Fsp3) is 0.364. The first-order chi connectivity index (χ1) is 7.72. The second-order valence-corrected chi connectivity index (χ2v) is 4.26. The molecule has 0 heterocycles. The summed E-state index contributed by atoms with van der Waals surface area (Å²) in [6.45, 7) is 2.23. The Kier molecular flexibility index (Phi) is 3.47. The minimum absolute atomic E-state index is 0.403. The number of rotatable bonds is 3. The van der Waals surface area contributed by atoms with E-state index in [1.165, 1.54) is 13.8 Å². The van der Waals surface area contributed by atoms with Crippen LogP contribution in [0.2, 0.25) is 0 Å². The molecule has 0 unspecified atom stereocenters. The lowest BCUT2D eigenvalue weighted by atomic mass is 9.84. The molecule has 0 bridgehead atoms. The Morgan fingerprint density at radius 3 is 2.24 bits per heavy atom. The van der Waals surface area contributed by atoms with Gasteiger partial charge >= 0.3 is 5.97 Å². The highest BCUT2D eigenvalue weighted by Crippen LogP contribution is 2.29. The van der Waals surface area contributed by atoms with Gasteiger partial charge in [0.15, 0.2) is 11.6 Å². The zero-order valence-electron chi connectivity index (χ0n) is 9.22. The summed E-state index contributed by atoms with van der Waals surface area (Å²) < 4.78 is 40.3. The predicted molar refractivity (Wildman–Crippen MR) is 53.4 cm³/mol. The van der Waals surface area contributed by atoms with Gasteiger partial charge in [-0.2, -0.15) is 0 Å². The van der Waals surface area contributed by atoms with E-state index in [-0.39, 0.29) is 0 Å². The molecule has 0 aromatic heterocycles. The minimum Gasteiger partial charge on any atom is -0.477 e. The van der Waals surface area contributed by atoms with Crippen molar-refractivity contribution in [3.8, 4) is 0 Å². The molecular weight excluding hydrogens is 237 g/mol. The molecule has 0 saturated heterocycles. The highest BCUT2D eigenvalue weighted by Gasteiger charge is 2.30. The van der Waals surface area contributed by atoms with Gasteiger partial charge < -0.3 is 10.2 Å². The van der Waals surface area contributed by atoms with Crippen LogP contribution < -0.4 is 0 Å². The Hall–Kier alpha value is -1.56. The molecule has 0 aliphatic heterocycles. The average molecular weight is 248 g/mol. The molecule has 0 amide bonds. The molecule has 2 N–H and O–H groups in total. The molecule has 1 aromatic carbocycles. The molecule has 0 aliphatic carbocycles. The summed E-state index contributed by atoms with van der Waals surface area (Å²) in [5.74, 6) is -6.46. The summed E-state index contributed by atoms with van der Waals surface area (Å²) in [6.07, 6.45) is 0. The van der Waals surface area contributed by atoms with E-state index < -0.39 is 46.6 Å². The van der Waals surface area contributed by atoms with Gasteiger partial charge in [0.1, 0.15) is 11.4 Å². The third-order valence-corrected chi connectivity index (χ3v) is 2.50. The van der Waals surface area contributed by atoms with E-state index in [1.54, 1.807) is 0 Å². The molecule has 0 atom stereocenters. The van der Waals surface area contributed by atoms with Crippen LogP contribution in [0.3, 0.4) is 0 Å². The number of hydrogen-bond donors (Lipinski definition) is 2. The van der Waals surface area contributed by atoms with Crippen LogP contribution in [0.5, 0.6) is 0 Å². The quantitative estimate of drug-likeness (QED) is 0.805. The van der Waals surface area contributed by atoms with Crippen LogP contribution in [-0.4, -0.2) is 22.8 Å². The van der Waals surface area contributed by atoms with Gasteiger partial charge in [0.25, 0.3) is 0 Å². The number of halogens is 3. The fourth-order valence-electron chi connectivity index (χ4n) is 1.37. The van der Waals surface area contributed by atoms with Crippen molar-refractivity contribution in [2.24, 2.45) is 0 Å². The molecule has 0 spiro atoms. The predicted octanol–water partition coefficient (Wildman–Crippen LogP) is 2.07. The summed E-state index contributed by atoms with van der Waals surface area (Å²) in [5.41, 5.74) is -2.94. The van der Waals surface area contributed by atoms with Crippen molar-refractivity contribution in [1.29, 1.82) is 0 Å². The second-order valence-electron chi connectivity index (χ2n) is 4.26. The Morgan fingerprint density at radius 1 is 1.29 bits per heavy atom. The standard InChI is InChI=1S/C11H11F3O3/c1-11(2,4-15)5-3-6(12)7(10(16)17)9(14)8(5)13/h3,15H,4H2,1-2H3,(H,16,17). The first-order valence-electron chi connectivity index (χ1n) is 4.74. The zero-order valence-corrected chi connectivity index (χ0v) is 9.22. The maximum Gasteiger partial charge on any atom is 0.341 e. The number of aliphatic hydroxyl groups is 1. The summed E-state index contributed by atoms with van der Waals surface area (Å²) in [4.78, 5) is 10.5. The molecule has 0 saturated carbocycles. The smallest absolute Gasteiger partial charge is 0.341 e. The first-order valence-corrected chi connectivity index (χ1v) is 4.74. The lowest BCUT2D eigenvalue weighted by molar-refractivity contribution is 0.0684. The molecule has 17 heavy (non-hydrogen) atoms. The lowest BCUT2D eigenvalue weighted by Gasteiger charge is -2.23. The van der Waals surface area contributed by atoms with E-state index in [9.17, 15) is 18.0 Å². The molecule has 0 radical (unpaired) electrons. The van der Waals surface area contributed by atoms with Gasteiger partial charge in [-0.05, 0) is 6.07 Å². The maximum absolute atomic E-state index is 13.6. The lowest BCUT2D eigenvalue weighted by Crippen LogP contribution is -2.25. The molecule has 0 fully saturated rings. The van der Waals surface area contributed by atoms with Crippen molar-refractivity contribution in [2.75, 3.05) is 6.61 Å². The largest absolute Gasteiger partial charge is 0.477 e. The van der Waals surface area contributed by atoms with Crippen molar-refractivity contribution >= 4 is 5.97 Å². The number of aliphatic hydroxyl groups excluding tert-OH is 1. The first kappa shape index (κ1) is 13.5. The van der Waals surface area contributed by atoms with E-state index >= 15 is 0 Å². The van der Waals surface area contributed by atoms with Crippen LogP contribution in [0.4, 0.5) is 13.2 Å². The van der Waals surface area contributed by atoms with Crippen molar-refractivity contribution in [1.82, 2.24) is 0 Å². The van der Waals surface area contributed by atoms with Crippen LogP contribution in [0, 0.1) is 17.5 Å². The fourth-order valence-corrected chi connectivity index (χ4v) is 1.37. The zero-order chi connectivity index (χ0) is 13.4. The van der Waals surface area contributed by atoms with E-state index in [0.29, 0.717) is 6.07 Å². The van der Waals surface area contributed by atoms with Gasteiger partial charge in [0.05, 0.1) is 6.61 Å². The molecule has 6 heteroatoms. The van der Waals surface area contributed by atoms with Gasteiger partial charge in [-0.3, -0.25) is 0 Å². The van der Waals surface area contributed by atoms with Crippen molar-refractivity contribution in [2.45, 2.75) is 19.3 Å². The second kappa shape index (κ2) is 4.37. The summed E-state index contributed by atoms with van der Waals surface area (Å²) in [5, 5.41) is 17.5. The van der Waals surface area contributed by atoms with Gasteiger partial charge in [-0.25, -0.2) is 18.0 Å². The molecular formula is C11H11F3O3. The topological polar surface area (TPSA) is 57.5 Å². The van der Waals surface area contributed by atoms with Crippen LogP contribution in [-0.2, 0) is 5.41 Å². The van der Waals surface area contributed by atoms with Crippen LogP contribution in [0.1, 0.15) is 29.8 Å². The number of hydrogen-bond acceptors (Lipinski definition) is 2. The summed E-state index contributed by atoms with van der Waals surface area (Å²) >= 11 is 0. The maximum atomic E-state index is 13.6. The van der Waals surface area contributed by atoms with Crippen LogP contribution in [0.25, 0.3) is 0 Å². The van der Waals surface area contributed by atoms with Crippen LogP contribution in [0.15, 0.2) is 6.07 Å². The number of aromatic carboxylic acids is 1. The van der Waals surface area contributed by atoms with Crippen molar-refractivity contribution < 1.29 is 28.2 Å². The van der Waals surface area contributed by atoms with E-state index in [2.05, 4.69) is 0 Å². The highest BCUT2D eigenvalue weighted by atomic mass is 19.2. The molecule has 3 nitrogen and oxygen atoms in total. The van der Waals surface area contributed by atoms with E-state index in [0.717, 1.165) is 0 Å². The SMILES string of the molecule is CC(C)(CO)c1cc(F)c(C(=O)O)c(F)c1F. The Bertz CT molecular complexity index is 470.